The minimum Gasteiger partial charge on any atom is -0.455 e. The number of quaternary nitrogens is 1. The number of para-hydroxylation sites is 1. The summed E-state index contributed by atoms with van der Waals surface area (Å²) in [5.41, 5.74) is 1.68. The van der Waals surface area contributed by atoms with Gasteiger partial charge in [0.1, 0.15) is 18.0 Å². The number of aryl methyl sites for hydroxylation is 1. The summed E-state index contributed by atoms with van der Waals surface area (Å²) in [6.45, 7) is 2.36. The van der Waals surface area contributed by atoms with Gasteiger partial charge in [0.15, 0.2) is 12.3 Å². The van der Waals surface area contributed by atoms with Crippen LogP contribution in [0.2, 0.25) is 5.02 Å². The van der Waals surface area contributed by atoms with Gasteiger partial charge in [0.25, 0.3) is 11.6 Å². The Balaban J connectivity index is 1.61. The van der Waals surface area contributed by atoms with Gasteiger partial charge in [-0.1, -0.05) is 23.7 Å². The Labute approximate surface area is 173 Å². The molecule has 150 valence electrons. The number of anilines is 1. The summed E-state index contributed by atoms with van der Waals surface area (Å²) in [5, 5.41) is 14.5. The molecule has 1 unspecified atom stereocenters. The van der Waals surface area contributed by atoms with E-state index >= 15 is 0 Å². The number of likely N-dealkylation sites (N-methyl/N-ethyl adjacent to an activating group) is 1. The molecule has 2 N–H and O–H groups in total. The fourth-order valence-corrected chi connectivity index (χ4v) is 3.15. The van der Waals surface area contributed by atoms with Crippen LogP contribution in [0.25, 0.3) is 11.3 Å². The fourth-order valence-electron chi connectivity index (χ4n) is 3.03. The Hall–Kier alpha value is -3.16. The summed E-state index contributed by atoms with van der Waals surface area (Å²) in [6, 6.07) is 15.8. The number of halogens is 1. The van der Waals surface area contributed by atoms with E-state index < -0.39 is 4.92 Å². The first-order chi connectivity index (χ1) is 13.8. The number of hydrogen-bond acceptors (Lipinski definition) is 4. The van der Waals surface area contributed by atoms with Gasteiger partial charge in [-0.2, -0.15) is 0 Å². The highest BCUT2D eigenvalue weighted by Gasteiger charge is 2.20. The van der Waals surface area contributed by atoms with Crippen LogP contribution in [-0.2, 0) is 11.3 Å². The second-order valence-electron chi connectivity index (χ2n) is 6.86. The van der Waals surface area contributed by atoms with Gasteiger partial charge in [-0.3, -0.25) is 14.9 Å². The van der Waals surface area contributed by atoms with E-state index in [1.165, 1.54) is 6.07 Å². The van der Waals surface area contributed by atoms with E-state index in [-0.39, 0.29) is 23.8 Å². The molecular formula is C21H21ClN3O4+. The molecule has 0 aliphatic heterocycles. The van der Waals surface area contributed by atoms with Gasteiger partial charge >= 0.3 is 0 Å². The van der Waals surface area contributed by atoms with Gasteiger partial charge in [-0.05, 0) is 48.9 Å². The first-order valence-electron chi connectivity index (χ1n) is 9.03. The Kier molecular flexibility index (Phi) is 6.31. The Morgan fingerprint density at radius 3 is 2.59 bits per heavy atom. The summed E-state index contributed by atoms with van der Waals surface area (Å²) < 4.78 is 5.86. The molecule has 0 bridgehead atoms. The first kappa shape index (κ1) is 20.6. The van der Waals surface area contributed by atoms with Gasteiger partial charge < -0.3 is 14.6 Å². The molecule has 0 spiro atoms. The molecule has 3 rings (SSSR count). The summed E-state index contributed by atoms with van der Waals surface area (Å²) >= 11 is 5.91. The third-order valence-electron chi connectivity index (χ3n) is 4.44. The average Bonchev–Trinajstić information content (AvgIpc) is 3.11. The van der Waals surface area contributed by atoms with E-state index in [1.54, 1.807) is 31.2 Å². The summed E-state index contributed by atoms with van der Waals surface area (Å²) in [5.74, 6) is 1.16. The van der Waals surface area contributed by atoms with Gasteiger partial charge in [0.2, 0.25) is 0 Å². The molecule has 0 saturated heterocycles. The molecule has 0 radical (unpaired) electrons. The van der Waals surface area contributed by atoms with Crippen molar-refractivity contribution in [2.45, 2.75) is 13.5 Å². The molecule has 1 atom stereocenters. The molecule has 0 fully saturated rings. The molecule has 0 aliphatic carbocycles. The number of rotatable bonds is 7. The van der Waals surface area contributed by atoms with E-state index in [1.807, 2.05) is 31.3 Å². The van der Waals surface area contributed by atoms with E-state index in [4.69, 9.17) is 16.0 Å². The van der Waals surface area contributed by atoms with Gasteiger partial charge in [-0.25, -0.2) is 0 Å². The van der Waals surface area contributed by atoms with Crippen molar-refractivity contribution in [2.24, 2.45) is 0 Å². The highest BCUT2D eigenvalue weighted by atomic mass is 35.5. The lowest BCUT2D eigenvalue weighted by atomic mass is 10.1. The Morgan fingerprint density at radius 1 is 1.17 bits per heavy atom. The zero-order valence-corrected chi connectivity index (χ0v) is 16.8. The largest absolute Gasteiger partial charge is 0.455 e. The van der Waals surface area contributed by atoms with Crippen LogP contribution in [0.1, 0.15) is 11.3 Å². The van der Waals surface area contributed by atoms with Crippen molar-refractivity contribution in [1.29, 1.82) is 0 Å². The number of hydrogen-bond donors (Lipinski definition) is 2. The normalized spacial score (nSPS) is 11.8. The summed E-state index contributed by atoms with van der Waals surface area (Å²) in [7, 11) is 1.86. The second-order valence-corrected chi connectivity index (χ2v) is 7.29. The highest BCUT2D eigenvalue weighted by molar-refractivity contribution is 6.30. The SMILES string of the molecule is Cc1cccc([N+](=O)[O-])c1NC(=O)C[NH+](C)Cc1ccc(-c2ccc(Cl)cc2)o1. The Bertz CT molecular complexity index is 1030. The van der Waals surface area contributed by atoms with E-state index in [0.29, 0.717) is 17.1 Å². The topological polar surface area (TPSA) is 89.8 Å². The van der Waals surface area contributed by atoms with Crippen molar-refractivity contribution in [2.75, 3.05) is 18.9 Å². The van der Waals surface area contributed by atoms with Crippen LogP contribution in [0.5, 0.6) is 0 Å². The van der Waals surface area contributed by atoms with Crippen LogP contribution in [0, 0.1) is 17.0 Å². The standard InChI is InChI=1S/C21H20ClN3O4/c1-14-4-3-5-18(25(27)28)21(14)23-20(26)13-24(2)12-17-10-11-19(29-17)15-6-8-16(22)9-7-15/h3-11H,12-13H2,1-2H3,(H,23,26)/p+1. The van der Waals surface area contributed by atoms with E-state index in [2.05, 4.69) is 5.32 Å². The highest BCUT2D eigenvalue weighted by Crippen LogP contribution is 2.27. The van der Waals surface area contributed by atoms with Crippen molar-refractivity contribution in [3.63, 3.8) is 0 Å². The van der Waals surface area contributed by atoms with Gasteiger partial charge in [0, 0.05) is 16.7 Å². The molecule has 0 saturated carbocycles. The van der Waals surface area contributed by atoms with Crippen LogP contribution < -0.4 is 10.2 Å². The zero-order chi connectivity index (χ0) is 21.0. The number of nitrogens with zero attached hydrogens (tertiary/aromatic N) is 1. The lowest BCUT2D eigenvalue weighted by Crippen LogP contribution is -3.08. The smallest absolute Gasteiger partial charge is 0.293 e. The maximum atomic E-state index is 12.4. The molecule has 0 aliphatic rings. The van der Waals surface area contributed by atoms with Crippen molar-refractivity contribution < 1.29 is 19.0 Å². The summed E-state index contributed by atoms with van der Waals surface area (Å²) in [4.78, 5) is 24.0. The molecule has 1 heterocycles. The molecule has 8 heteroatoms. The first-order valence-corrected chi connectivity index (χ1v) is 9.41. The molecule has 2 aromatic carbocycles. The van der Waals surface area contributed by atoms with Gasteiger partial charge in [0.05, 0.1) is 12.0 Å². The number of carbonyl (C=O) groups is 1. The third kappa shape index (κ3) is 5.22. The minimum atomic E-state index is -0.500. The quantitative estimate of drug-likeness (QED) is 0.457. The molecule has 7 nitrogen and oxygen atoms in total. The predicted octanol–water partition coefficient (Wildman–Crippen LogP) is 3.47. The number of carbonyl (C=O) groups excluding carboxylic acids is 1. The lowest BCUT2D eigenvalue weighted by Gasteiger charge is -2.13. The number of amides is 1. The average molecular weight is 415 g/mol. The lowest BCUT2D eigenvalue weighted by molar-refractivity contribution is -0.886. The number of nitrogens with one attached hydrogen (secondary N) is 2. The summed E-state index contributed by atoms with van der Waals surface area (Å²) in [6.07, 6.45) is 0. The maximum absolute atomic E-state index is 12.4. The number of nitro groups is 1. The van der Waals surface area contributed by atoms with Crippen LogP contribution in [0.3, 0.4) is 0 Å². The monoisotopic (exact) mass is 414 g/mol. The molecular weight excluding hydrogens is 394 g/mol. The Morgan fingerprint density at radius 2 is 1.90 bits per heavy atom. The van der Waals surface area contributed by atoms with E-state index in [0.717, 1.165) is 22.0 Å². The van der Waals surface area contributed by atoms with Crippen LogP contribution in [-0.4, -0.2) is 24.4 Å². The number of furan rings is 1. The van der Waals surface area contributed by atoms with Gasteiger partial charge in [-0.15, -0.1) is 0 Å². The fraction of sp³-hybridized carbons (Fsp3) is 0.190. The second kappa shape index (κ2) is 8.89. The zero-order valence-electron chi connectivity index (χ0n) is 16.1. The van der Waals surface area contributed by atoms with E-state index in [9.17, 15) is 14.9 Å². The maximum Gasteiger partial charge on any atom is 0.293 e. The van der Waals surface area contributed by atoms with Crippen molar-refractivity contribution in [3.8, 4) is 11.3 Å². The molecule has 29 heavy (non-hydrogen) atoms. The third-order valence-corrected chi connectivity index (χ3v) is 4.69. The van der Waals surface area contributed by atoms with Crippen LogP contribution in [0.4, 0.5) is 11.4 Å². The molecule has 3 aromatic rings. The number of benzene rings is 2. The van der Waals surface area contributed by atoms with Crippen LogP contribution in [0.15, 0.2) is 59.0 Å². The number of nitro benzene ring substituents is 1. The van der Waals surface area contributed by atoms with Crippen molar-refractivity contribution in [3.05, 3.63) is 81.1 Å². The predicted molar refractivity (Wildman–Crippen MR) is 111 cm³/mol. The molecule has 1 amide bonds. The van der Waals surface area contributed by atoms with Crippen molar-refractivity contribution in [1.82, 2.24) is 0 Å². The van der Waals surface area contributed by atoms with Crippen molar-refractivity contribution >= 4 is 28.9 Å². The molecule has 1 aromatic heterocycles. The minimum absolute atomic E-state index is 0.116. The van der Waals surface area contributed by atoms with Crippen LogP contribution >= 0.6 is 11.6 Å².